The molecule has 51 heavy (non-hydrogen) atoms. The summed E-state index contributed by atoms with van der Waals surface area (Å²) in [5.41, 5.74) is 0. The highest BCUT2D eigenvalue weighted by molar-refractivity contribution is 7.47. The fourth-order valence-electron chi connectivity index (χ4n) is 5.70. The molecule has 0 aromatic heterocycles. The minimum absolute atomic E-state index is 0.0896. The predicted octanol–water partition coefficient (Wildman–Crippen LogP) is 12.0. The predicted molar refractivity (Wildman–Crippen MR) is 215 cm³/mol. The van der Waals surface area contributed by atoms with Crippen LogP contribution in [0.5, 0.6) is 0 Å². The molecule has 0 heterocycles. The molecule has 0 aliphatic heterocycles. The molecule has 0 fully saturated rings. The van der Waals surface area contributed by atoms with Gasteiger partial charge in [-0.25, -0.2) is 4.57 Å². The number of allylic oxidation sites excluding steroid dienone is 4. The zero-order chi connectivity index (χ0) is 37.7. The molecule has 0 aliphatic rings. The second-order valence-electron chi connectivity index (χ2n) is 15.4. The minimum atomic E-state index is -4.26. The highest BCUT2D eigenvalue weighted by atomic mass is 31.2. The Hall–Kier alpha value is -1.02. The molecule has 0 saturated carbocycles. The number of carbonyl (C=O) groups is 1. The summed E-state index contributed by atoms with van der Waals surface area (Å²) in [7, 11) is 1.67. The van der Waals surface area contributed by atoms with Crippen molar-refractivity contribution in [2.45, 2.75) is 187 Å². The number of quaternary nitrogens is 1. The first-order valence-corrected chi connectivity index (χ1v) is 22.6. The first-order chi connectivity index (χ1) is 24.6. The van der Waals surface area contributed by atoms with Crippen LogP contribution in [0.25, 0.3) is 0 Å². The van der Waals surface area contributed by atoms with Crippen LogP contribution in [-0.4, -0.2) is 75.6 Å². The second kappa shape index (κ2) is 36.0. The summed E-state index contributed by atoms with van der Waals surface area (Å²) in [5.74, 6) is -0.326. The maximum Gasteiger partial charge on any atom is 0.472 e. The Morgan fingerprint density at radius 3 is 1.59 bits per heavy atom. The number of carbonyl (C=O) groups excluding carboxylic acids is 1. The number of likely N-dealkylation sites (N-methyl/N-ethyl adjacent to an activating group) is 1. The third kappa shape index (κ3) is 40.0. The maximum absolute atomic E-state index is 12.4. The molecule has 0 rings (SSSR count). The van der Waals surface area contributed by atoms with Gasteiger partial charge in [-0.05, 0) is 44.9 Å². The van der Waals surface area contributed by atoms with E-state index in [0.29, 0.717) is 24.1 Å². The van der Waals surface area contributed by atoms with Gasteiger partial charge in [0.25, 0.3) is 0 Å². The van der Waals surface area contributed by atoms with Gasteiger partial charge in [0, 0.05) is 13.0 Å². The summed E-state index contributed by atoms with van der Waals surface area (Å²) in [6.07, 6.45) is 39.7. The molecule has 0 aromatic carbocycles. The van der Waals surface area contributed by atoms with Crippen molar-refractivity contribution in [1.29, 1.82) is 0 Å². The zero-order valence-corrected chi connectivity index (χ0v) is 35.0. The highest BCUT2D eigenvalue weighted by Crippen LogP contribution is 2.43. The lowest BCUT2D eigenvalue weighted by Gasteiger charge is -2.24. The Morgan fingerprint density at radius 1 is 0.608 bits per heavy atom. The van der Waals surface area contributed by atoms with Crippen LogP contribution in [0.1, 0.15) is 181 Å². The molecule has 0 amide bonds. The van der Waals surface area contributed by atoms with E-state index >= 15 is 0 Å². The molecule has 0 aliphatic carbocycles. The van der Waals surface area contributed by atoms with Crippen molar-refractivity contribution in [1.82, 2.24) is 0 Å². The molecular weight excluding hydrogens is 661 g/mol. The smallest absolute Gasteiger partial charge is 0.457 e. The van der Waals surface area contributed by atoms with E-state index in [1.807, 2.05) is 21.1 Å². The molecule has 0 radical (unpaired) electrons. The standard InChI is InChI=1S/C42H82NO7P/c1-6-8-10-12-13-14-15-16-17-18-19-20-21-22-23-24-25-26-27-28-29-30-32-34-37-47-39-41(50-42(44)35-33-31-11-9-7-2)40-49-51(45,46)48-38-36-43(3,4)5/h15-16,18-19,41H,6-14,17,20-40H2,1-5H3/p+1/b16-15-,19-18-. The average Bonchev–Trinajstić information content (AvgIpc) is 3.07. The molecule has 9 heteroatoms. The number of hydrogen-bond donors (Lipinski definition) is 1. The molecule has 8 nitrogen and oxygen atoms in total. The first kappa shape index (κ1) is 50.0. The lowest BCUT2D eigenvalue weighted by atomic mass is 10.0. The number of phosphoric acid groups is 1. The second-order valence-corrected chi connectivity index (χ2v) is 16.8. The van der Waals surface area contributed by atoms with Crippen LogP contribution in [0.4, 0.5) is 0 Å². The van der Waals surface area contributed by atoms with Gasteiger partial charge in [-0.15, -0.1) is 0 Å². The van der Waals surface area contributed by atoms with Crippen molar-refractivity contribution < 1.29 is 37.3 Å². The van der Waals surface area contributed by atoms with Gasteiger partial charge in [0.15, 0.2) is 0 Å². The van der Waals surface area contributed by atoms with Gasteiger partial charge in [-0.3, -0.25) is 13.8 Å². The first-order valence-electron chi connectivity index (χ1n) is 21.1. The van der Waals surface area contributed by atoms with E-state index < -0.39 is 13.9 Å². The summed E-state index contributed by atoms with van der Waals surface area (Å²) in [6, 6.07) is 0. The molecule has 0 saturated heterocycles. The van der Waals surface area contributed by atoms with E-state index in [9.17, 15) is 14.3 Å². The SMILES string of the molecule is CCCCCCC/C=C\C/C=C\CCCCCCCCCCCCCCOCC(COP(=O)(O)OCC[N+](C)(C)C)OC(=O)CCCCCCC. The fraction of sp³-hybridized carbons (Fsp3) is 0.881. The van der Waals surface area contributed by atoms with E-state index in [0.717, 1.165) is 51.4 Å². The Kier molecular flexibility index (Phi) is 35.3. The number of rotatable bonds is 39. The van der Waals surface area contributed by atoms with Crippen LogP contribution in [0, 0.1) is 0 Å². The Morgan fingerprint density at radius 2 is 1.08 bits per heavy atom. The number of hydrogen-bond acceptors (Lipinski definition) is 6. The number of phosphoric ester groups is 1. The monoisotopic (exact) mass is 745 g/mol. The molecule has 2 atom stereocenters. The number of unbranched alkanes of at least 4 members (excludes halogenated alkanes) is 21. The summed E-state index contributed by atoms with van der Waals surface area (Å²) >= 11 is 0. The lowest BCUT2D eigenvalue weighted by Crippen LogP contribution is -2.37. The number of nitrogens with zero attached hydrogens (tertiary/aromatic N) is 1. The summed E-state index contributed by atoms with van der Waals surface area (Å²) in [4.78, 5) is 22.5. The van der Waals surface area contributed by atoms with E-state index in [-0.39, 0.29) is 25.8 Å². The van der Waals surface area contributed by atoms with E-state index in [1.165, 1.54) is 109 Å². The van der Waals surface area contributed by atoms with Crippen molar-refractivity contribution in [2.24, 2.45) is 0 Å². The van der Waals surface area contributed by atoms with Crippen molar-refractivity contribution in [2.75, 3.05) is 54.1 Å². The van der Waals surface area contributed by atoms with Gasteiger partial charge >= 0.3 is 13.8 Å². The number of esters is 1. The van der Waals surface area contributed by atoms with Gasteiger partial charge < -0.3 is 18.9 Å². The van der Waals surface area contributed by atoms with Crippen LogP contribution in [0.2, 0.25) is 0 Å². The van der Waals surface area contributed by atoms with Crippen LogP contribution < -0.4 is 0 Å². The third-order valence-corrected chi connectivity index (χ3v) is 10.00. The van der Waals surface area contributed by atoms with Crippen LogP contribution >= 0.6 is 7.82 Å². The van der Waals surface area contributed by atoms with E-state index in [4.69, 9.17) is 18.5 Å². The van der Waals surface area contributed by atoms with E-state index in [2.05, 4.69) is 38.2 Å². The van der Waals surface area contributed by atoms with Gasteiger partial charge in [0.05, 0.1) is 34.4 Å². The van der Waals surface area contributed by atoms with Crippen molar-refractivity contribution in [3.05, 3.63) is 24.3 Å². The topological polar surface area (TPSA) is 91.3 Å². The van der Waals surface area contributed by atoms with Gasteiger partial charge in [-0.2, -0.15) is 0 Å². The third-order valence-electron chi connectivity index (χ3n) is 9.02. The van der Waals surface area contributed by atoms with Gasteiger partial charge in [0.2, 0.25) is 0 Å². The molecule has 302 valence electrons. The normalized spacial score (nSPS) is 14.1. The van der Waals surface area contributed by atoms with Crippen molar-refractivity contribution >= 4 is 13.8 Å². The van der Waals surface area contributed by atoms with Gasteiger partial charge in [-0.1, -0.05) is 154 Å². The van der Waals surface area contributed by atoms with Crippen LogP contribution in [0.15, 0.2) is 24.3 Å². The van der Waals surface area contributed by atoms with Gasteiger partial charge in [0.1, 0.15) is 19.3 Å². The molecule has 2 unspecified atom stereocenters. The highest BCUT2D eigenvalue weighted by Gasteiger charge is 2.26. The molecular formula is C42H83NO7P+. The molecule has 0 spiro atoms. The maximum atomic E-state index is 12.4. The molecule has 1 N–H and O–H groups in total. The minimum Gasteiger partial charge on any atom is -0.457 e. The zero-order valence-electron chi connectivity index (χ0n) is 34.1. The Balaban J connectivity index is 3.92. The quantitative estimate of drug-likeness (QED) is 0.0220. The Labute approximate surface area is 315 Å². The summed E-state index contributed by atoms with van der Waals surface area (Å²) in [5, 5.41) is 0. The summed E-state index contributed by atoms with van der Waals surface area (Å²) < 4.78 is 34.7. The number of ether oxygens (including phenoxy) is 2. The van der Waals surface area contributed by atoms with Crippen molar-refractivity contribution in [3.8, 4) is 0 Å². The molecule has 0 bridgehead atoms. The van der Waals surface area contributed by atoms with Crippen LogP contribution in [0.3, 0.4) is 0 Å². The summed E-state index contributed by atoms with van der Waals surface area (Å²) in [6.45, 7) is 5.53. The average molecular weight is 745 g/mol. The largest absolute Gasteiger partial charge is 0.472 e. The Bertz CT molecular complexity index is 874. The lowest BCUT2D eigenvalue weighted by molar-refractivity contribution is -0.870. The van der Waals surface area contributed by atoms with Crippen molar-refractivity contribution in [3.63, 3.8) is 0 Å². The van der Waals surface area contributed by atoms with E-state index in [1.54, 1.807) is 0 Å². The fourth-order valence-corrected chi connectivity index (χ4v) is 6.44. The molecule has 0 aromatic rings. The van der Waals surface area contributed by atoms with Crippen LogP contribution in [-0.2, 0) is 27.9 Å².